The number of rotatable bonds is 5. The van der Waals surface area contributed by atoms with Gasteiger partial charge in [0.15, 0.2) is 0 Å². The van der Waals surface area contributed by atoms with Crippen LogP contribution in [0.2, 0.25) is 0 Å². The zero-order valence-electron chi connectivity index (χ0n) is 12.0. The van der Waals surface area contributed by atoms with E-state index in [1.807, 2.05) is 0 Å². The van der Waals surface area contributed by atoms with Gasteiger partial charge in [-0.05, 0) is 37.5 Å². The Morgan fingerprint density at radius 2 is 1.75 bits per heavy atom. The highest BCUT2D eigenvalue weighted by atomic mass is 19.4. The predicted octanol–water partition coefficient (Wildman–Crippen LogP) is 3.18. The maximum absolute atomic E-state index is 12.4. The zero-order chi connectivity index (χ0) is 14.2. The smallest absolute Gasteiger partial charge is 0.305 e. The Hall–Kier alpha value is -0.290. The van der Waals surface area contributed by atoms with Gasteiger partial charge in [-0.2, -0.15) is 13.2 Å². The monoisotopic (exact) mass is 290 g/mol. The van der Waals surface area contributed by atoms with Crippen LogP contribution in [0.15, 0.2) is 0 Å². The molecule has 0 spiro atoms. The molecule has 0 aromatic carbocycles. The lowest BCUT2D eigenvalue weighted by Crippen LogP contribution is -2.55. The third kappa shape index (κ3) is 4.10. The molecule has 2 atom stereocenters. The van der Waals surface area contributed by atoms with Gasteiger partial charge in [0.1, 0.15) is 0 Å². The van der Waals surface area contributed by atoms with E-state index >= 15 is 0 Å². The van der Waals surface area contributed by atoms with Crippen molar-refractivity contribution in [2.75, 3.05) is 19.6 Å². The Labute approximate surface area is 119 Å². The second kappa shape index (κ2) is 5.84. The third-order valence-corrected chi connectivity index (χ3v) is 5.11. The predicted molar refractivity (Wildman–Crippen MR) is 72.5 cm³/mol. The van der Waals surface area contributed by atoms with E-state index in [2.05, 4.69) is 10.2 Å². The van der Waals surface area contributed by atoms with Gasteiger partial charge < -0.3 is 5.32 Å². The standard InChI is InChI=1S/C15H25F3N2/c16-15(17,18)10-19-13-7-12(6-11-4-5-11)8-20(9-13)14-2-1-3-14/h11-14,19H,1-10H2. The van der Waals surface area contributed by atoms with E-state index in [4.69, 9.17) is 0 Å². The van der Waals surface area contributed by atoms with Crippen molar-refractivity contribution in [3.05, 3.63) is 0 Å². The Kier molecular flexibility index (Phi) is 4.27. The Morgan fingerprint density at radius 3 is 2.30 bits per heavy atom. The summed E-state index contributed by atoms with van der Waals surface area (Å²) >= 11 is 0. The van der Waals surface area contributed by atoms with Crippen molar-refractivity contribution in [1.82, 2.24) is 10.2 Å². The number of alkyl halides is 3. The minimum atomic E-state index is -4.09. The fraction of sp³-hybridized carbons (Fsp3) is 1.00. The molecule has 0 aromatic heterocycles. The van der Waals surface area contributed by atoms with Crippen LogP contribution in [0, 0.1) is 11.8 Å². The Balaban J connectivity index is 1.53. The largest absolute Gasteiger partial charge is 0.401 e. The van der Waals surface area contributed by atoms with Crippen LogP contribution >= 0.6 is 0 Å². The molecule has 116 valence electrons. The van der Waals surface area contributed by atoms with Crippen molar-refractivity contribution in [1.29, 1.82) is 0 Å². The highest BCUT2D eigenvalue weighted by Crippen LogP contribution is 2.39. The Morgan fingerprint density at radius 1 is 1.00 bits per heavy atom. The molecule has 0 amide bonds. The SMILES string of the molecule is FC(F)(F)CNC1CC(CC2CC2)CN(C2CCC2)C1. The first-order valence-corrected chi connectivity index (χ1v) is 8.04. The molecule has 0 aromatic rings. The number of piperidine rings is 1. The van der Waals surface area contributed by atoms with E-state index in [1.54, 1.807) is 0 Å². The second-order valence-corrected chi connectivity index (χ2v) is 7.01. The lowest BCUT2D eigenvalue weighted by molar-refractivity contribution is -0.127. The van der Waals surface area contributed by atoms with Crippen LogP contribution in [0.1, 0.15) is 44.9 Å². The maximum atomic E-state index is 12.4. The summed E-state index contributed by atoms with van der Waals surface area (Å²) in [6.45, 7) is 1.08. The molecular formula is C15H25F3N2. The molecular weight excluding hydrogens is 265 g/mol. The molecule has 1 aliphatic heterocycles. The Bertz CT molecular complexity index is 324. The van der Waals surface area contributed by atoms with Gasteiger partial charge in [-0.3, -0.25) is 4.90 Å². The first-order chi connectivity index (χ1) is 9.49. The molecule has 2 saturated carbocycles. The summed E-state index contributed by atoms with van der Waals surface area (Å²) in [5.41, 5.74) is 0. The molecule has 1 heterocycles. The molecule has 0 radical (unpaired) electrons. The van der Waals surface area contributed by atoms with E-state index in [0.29, 0.717) is 12.0 Å². The van der Waals surface area contributed by atoms with E-state index in [9.17, 15) is 13.2 Å². The lowest BCUT2D eigenvalue weighted by Gasteiger charge is -2.45. The van der Waals surface area contributed by atoms with Crippen molar-refractivity contribution in [2.24, 2.45) is 11.8 Å². The van der Waals surface area contributed by atoms with Crippen LogP contribution < -0.4 is 5.32 Å². The summed E-state index contributed by atoms with van der Waals surface area (Å²) in [5.74, 6) is 1.46. The quantitative estimate of drug-likeness (QED) is 0.836. The number of hydrogen-bond donors (Lipinski definition) is 1. The summed E-state index contributed by atoms with van der Waals surface area (Å²) in [6.07, 6.45) is 4.49. The second-order valence-electron chi connectivity index (χ2n) is 7.01. The molecule has 5 heteroatoms. The fourth-order valence-electron chi connectivity index (χ4n) is 3.69. The highest BCUT2D eigenvalue weighted by Gasteiger charge is 2.37. The van der Waals surface area contributed by atoms with Gasteiger partial charge in [-0.25, -0.2) is 0 Å². The van der Waals surface area contributed by atoms with Gasteiger partial charge in [-0.15, -0.1) is 0 Å². The molecule has 2 nitrogen and oxygen atoms in total. The average molecular weight is 290 g/mol. The first-order valence-electron chi connectivity index (χ1n) is 8.04. The van der Waals surface area contributed by atoms with Crippen molar-refractivity contribution in [3.8, 4) is 0 Å². The van der Waals surface area contributed by atoms with Gasteiger partial charge in [0.05, 0.1) is 6.54 Å². The summed E-state index contributed by atoms with van der Waals surface area (Å²) in [4.78, 5) is 2.47. The normalized spacial score (nSPS) is 33.1. The minimum Gasteiger partial charge on any atom is -0.305 e. The van der Waals surface area contributed by atoms with Crippen LogP contribution in [0.4, 0.5) is 13.2 Å². The molecule has 3 rings (SSSR count). The van der Waals surface area contributed by atoms with Gasteiger partial charge in [0.25, 0.3) is 0 Å². The maximum Gasteiger partial charge on any atom is 0.401 e. The number of halogens is 3. The van der Waals surface area contributed by atoms with E-state index < -0.39 is 12.7 Å². The van der Waals surface area contributed by atoms with E-state index in [-0.39, 0.29) is 6.04 Å². The van der Waals surface area contributed by atoms with Crippen molar-refractivity contribution in [3.63, 3.8) is 0 Å². The van der Waals surface area contributed by atoms with Crippen molar-refractivity contribution >= 4 is 0 Å². The van der Waals surface area contributed by atoms with Gasteiger partial charge in [-0.1, -0.05) is 19.3 Å². The average Bonchev–Trinajstić information content (AvgIpc) is 3.07. The van der Waals surface area contributed by atoms with Gasteiger partial charge in [0, 0.05) is 25.2 Å². The van der Waals surface area contributed by atoms with Crippen LogP contribution in [0.3, 0.4) is 0 Å². The number of nitrogens with one attached hydrogen (secondary N) is 1. The number of likely N-dealkylation sites (tertiary alicyclic amines) is 1. The summed E-state index contributed by atoms with van der Waals surface area (Å²) in [6, 6.07) is 0.668. The molecule has 3 aliphatic rings. The van der Waals surface area contributed by atoms with Gasteiger partial charge >= 0.3 is 6.18 Å². The van der Waals surface area contributed by atoms with Crippen LogP contribution in [-0.4, -0.2) is 42.8 Å². The van der Waals surface area contributed by atoms with Crippen LogP contribution in [-0.2, 0) is 0 Å². The van der Waals surface area contributed by atoms with Crippen LogP contribution in [0.5, 0.6) is 0 Å². The van der Waals surface area contributed by atoms with E-state index in [1.165, 1.54) is 38.5 Å². The summed E-state index contributed by atoms with van der Waals surface area (Å²) in [5, 5.41) is 2.75. The fourth-order valence-corrected chi connectivity index (χ4v) is 3.69. The van der Waals surface area contributed by atoms with Crippen LogP contribution in [0.25, 0.3) is 0 Å². The molecule has 1 N–H and O–H groups in total. The number of hydrogen-bond acceptors (Lipinski definition) is 2. The first kappa shape index (κ1) is 14.6. The van der Waals surface area contributed by atoms with Crippen molar-refractivity contribution < 1.29 is 13.2 Å². The summed E-state index contributed by atoms with van der Waals surface area (Å²) in [7, 11) is 0. The minimum absolute atomic E-state index is 0.0229. The molecule has 1 saturated heterocycles. The number of nitrogens with zero attached hydrogens (tertiary/aromatic N) is 1. The van der Waals surface area contributed by atoms with Gasteiger partial charge in [0.2, 0.25) is 0 Å². The van der Waals surface area contributed by atoms with Crippen molar-refractivity contribution in [2.45, 2.75) is 63.2 Å². The molecule has 20 heavy (non-hydrogen) atoms. The topological polar surface area (TPSA) is 15.3 Å². The molecule has 2 unspecified atom stereocenters. The zero-order valence-corrected chi connectivity index (χ0v) is 12.0. The molecule has 3 fully saturated rings. The third-order valence-electron chi connectivity index (χ3n) is 5.11. The highest BCUT2D eigenvalue weighted by molar-refractivity contribution is 4.92. The molecule has 2 aliphatic carbocycles. The molecule has 0 bridgehead atoms. The van der Waals surface area contributed by atoms with E-state index in [0.717, 1.165) is 25.4 Å². The summed E-state index contributed by atoms with van der Waals surface area (Å²) < 4.78 is 37.2. The lowest BCUT2D eigenvalue weighted by atomic mass is 9.84.